The number of hydrogen-bond donors (Lipinski definition) is 1. The van der Waals surface area contributed by atoms with Gasteiger partial charge in [0.05, 0.1) is 12.7 Å². The van der Waals surface area contributed by atoms with Gasteiger partial charge in [0, 0.05) is 17.7 Å². The maximum absolute atomic E-state index is 14.6. The largest absolute Gasteiger partial charge is 0.493 e. The number of rotatable bonds is 7. The summed E-state index contributed by atoms with van der Waals surface area (Å²) >= 11 is 3.52. The maximum Gasteiger partial charge on any atom is 0.417 e. The fourth-order valence-electron chi connectivity index (χ4n) is 4.32. The number of ether oxygens (including phenoxy) is 2. The van der Waals surface area contributed by atoms with Crippen LogP contribution in [0, 0.1) is 5.82 Å². The summed E-state index contributed by atoms with van der Waals surface area (Å²) in [4.78, 5) is 11.6. The smallest absolute Gasteiger partial charge is 0.417 e. The minimum Gasteiger partial charge on any atom is -0.493 e. The van der Waals surface area contributed by atoms with Gasteiger partial charge in [-0.3, -0.25) is 4.98 Å². The van der Waals surface area contributed by atoms with E-state index in [1.807, 2.05) is 6.92 Å². The standard InChI is InChI=1S/C25H25BrF5N3O2/c1-3-24(28)8-6-14(7-9-24)23-33-21(22(26)34-23)15-4-5-19(20(10-15)35-2)36-13-18-17(27)11-16(12-32-18)25(29,30)31/h4-5,10-12,14H,3,6-9,13H2,1-2H3,(H,33,34). The maximum atomic E-state index is 14.6. The summed E-state index contributed by atoms with van der Waals surface area (Å²) in [6, 6.07) is 5.43. The van der Waals surface area contributed by atoms with Crippen LogP contribution >= 0.6 is 15.9 Å². The van der Waals surface area contributed by atoms with Gasteiger partial charge in [-0.05, 0) is 72.3 Å². The Balaban J connectivity index is 1.49. The quantitative estimate of drug-likeness (QED) is 0.293. The molecule has 0 saturated heterocycles. The summed E-state index contributed by atoms with van der Waals surface area (Å²) in [6.07, 6.45) is -1.15. The zero-order valence-corrected chi connectivity index (χ0v) is 21.3. The molecule has 5 nitrogen and oxygen atoms in total. The fourth-order valence-corrected chi connectivity index (χ4v) is 4.84. The van der Waals surface area contributed by atoms with Crippen molar-refractivity contribution in [2.45, 2.75) is 63.4 Å². The molecule has 0 aliphatic heterocycles. The summed E-state index contributed by atoms with van der Waals surface area (Å²) in [5.41, 5.74) is -1.15. The fraction of sp³-hybridized carbons (Fsp3) is 0.440. The van der Waals surface area contributed by atoms with Crippen LogP contribution in [-0.2, 0) is 12.8 Å². The number of imidazole rings is 1. The molecule has 0 amide bonds. The molecule has 11 heteroatoms. The number of nitrogens with zero attached hydrogens (tertiary/aromatic N) is 2. The molecular weight excluding hydrogens is 549 g/mol. The number of benzene rings is 1. The lowest BCUT2D eigenvalue weighted by Gasteiger charge is -2.32. The molecular formula is C25H25BrF5N3O2. The number of methoxy groups -OCH3 is 1. The summed E-state index contributed by atoms with van der Waals surface area (Å²) in [6.45, 7) is 1.49. The molecule has 3 aromatic rings. The second kappa shape index (κ2) is 10.4. The van der Waals surface area contributed by atoms with Gasteiger partial charge in [0.15, 0.2) is 11.5 Å². The number of alkyl halides is 4. The molecule has 0 spiro atoms. The van der Waals surface area contributed by atoms with Crippen molar-refractivity contribution in [3.63, 3.8) is 0 Å². The van der Waals surface area contributed by atoms with Crippen molar-refractivity contribution in [2.24, 2.45) is 0 Å². The van der Waals surface area contributed by atoms with Gasteiger partial charge in [-0.2, -0.15) is 13.2 Å². The van der Waals surface area contributed by atoms with Crippen molar-refractivity contribution in [1.29, 1.82) is 0 Å². The Morgan fingerprint density at radius 1 is 1.17 bits per heavy atom. The lowest BCUT2D eigenvalue weighted by atomic mass is 9.78. The molecule has 1 fully saturated rings. The first-order chi connectivity index (χ1) is 17.0. The van der Waals surface area contributed by atoms with Gasteiger partial charge < -0.3 is 14.5 Å². The highest BCUT2D eigenvalue weighted by atomic mass is 79.9. The lowest BCUT2D eigenvalue weighted by Crippen LogP contribution is -2.28. The molecule has 36 heavy (non-hydrogen) atoms. The minimum absolute atomic E-state index is 0.140. The molecule has 0 bridgehead atoms. The second-order valence-corrected chi connectivity index (χ2v) is 9.66. The Morgan fingerprint density at radius 3 is 2.50 bits per heavy atom. The summed E-state index contributed by atoms with van der Waals surface area (Å²) in [5, 5.41) is 0. The van der Waals surface area contributed by atoms with E-state index < -0.39 is 23.2 Å². The predicted octanol–water partition coefficient (Wildman–Crippen LogP) is 7.76. The van der Waals surface area contributed by atoms with Crippen molar-refractivity contribution < 1.29 is 31.4 Å². The molecule has 0 atom stereocenters. The molecule has 194 valence electrons. The Bertz CT molecular complexity index is 1220. The molecule has 1 aliphatic rings. The topological polar surface area (TPSA) is 60.0 Å². The van der Waals surface area contributed by atoms with Crippen molar-refractivity contribution in [1.82, 2.24) is 15.0 Å². The van der Waals surface area contributed by atoms with E-state index in [1.165, 1.54) is 7.11 Å². The van der Waals surface area contributed by atoms with E-state index in [1.54, 1.807) is 18.2 Å². The number of aromatic amines is 1. The average molecular weight is 574 g/mol. The van der Waals surface area contributed by atoms with Crippen LogP contribution in [0.3, 0.4) is 0 Å². The Kier molecular flexibility index (Phi) is 7.59. The molecule has 2 heterocycles. The SMILES string of the molecule is CCC1(F)CCC(c2nc(-c3ccc(OCc4ncc(C(F)(F)F)cc4F)c(OC)c3)c(Br)[nH]2)CC1. The molecule has 1 N–H and O–H groups in total. The molecule has 0 radical (unpaired) electrons. The van der Waals surface area contributed by atoms with Gasteiger partial charge in [-0.1, -0.05) is 6.92 Å². The van der Waals surface area contributed by atoms with Crippen LogP contribution in [0.2, 0.25) is 0 Å². The minimum atomic E-state index is -4.68. The van der Waals surface area contributed by atoms with E-state index in [0.29, 0.717) is 60.4 Å². The van der Waals surface area contributed by atoms with E-state index >= 15 is 0 Å². The third-order valence-electron chi connectivity index (χ3n) is 6.63. The van der Waals surface area contributed by atoms with Gasteiger partial charge in [0.25, 0.3) is 0 Å². The first-order valence-corrected chi connectivity index (χ1v) is 12.3. The van der Waals surface area contributed by atoms with E-state index in [4.69, 9.17) is 14.5 Å². The Morgan fingerprint density at radius 2 is 1.89 bits per heavy atom. The number of nitrogens with one attached hydrogen (secondary N) is 1. The summed E-state index contributed by atoms with van der Waals surface area (Å²) < 4.78 is 78.5. The third kappa shape index (κ3) is 5.66. The highest BCUT2D eigenvalue weighted by Gasteiger charge is 2.35. The highest BCUT2D eigenvalue weighted by molar-refractivity contribution is 9.10. The van der Waals surface area contributed by atoms with E-state index in [2.05, 4.69) is 25.9 Å². The average Bonchev–Trinajstić information content (AvgIpc) is 3.24. The van der Waals surface area contributed by atoms with Gasteiger partial charge in [-0.15, -0.1) is 0 Å². The Hall–Kier alpha value is -2.69. The van der Waals surface area contributed by atoms with Gasteiger partial charge >= 0.3 is 6.18 Å². The first-order valence-electron chi connectivity index (χ1n) is 11.5. The predicted molar refractivity (Wildman–Crippen MR) is 127 cm³/mol. The summed E-state index contributed by atoms with van der Waals surface area (Å²) in [5.74, 6) is 0.416. The summed E-state index contributed by atoms with van der Waals surface area (Å²) in [7, 11) is 1.44. The van der Waals surface area contributed by atoms with E-state index in [0.717, 1.165) is 11.4 Å². The van der Waals surface area contributed by atoms with Gasteiger partial charge in [0.1, 0.15) is 39.9 Å². The van der Waals surface area contributed by atoms with Crippen LogP contribution in [0.1, 0.15) is 62.0 Å². The number of H-pyrrole nitrogens is 1. The van der Waals surface area contributed by atoms with Crippen molar-refractivity contribution >= 4 is 15.9 Å². The van der Waals surface area contributed by atoms with Crippen LogP contribution in [-0.4, -0.2) is 27.7 Å². The lowest BCUT2D eigenvalue weighted by molar-refractivity contribution is -0.138. The molecule has 2 aromatic heterocycles. The molecule has 1 saturated carbocycles. The van der Waals surface area contributed by atoms with Crippen LogP contribution in [0.4, 0.5) is 22.0 Å². The highest BCUT2D eigenvalue weighted by Crippen LogP contribution is 2.43. The number of aromatic nitrogens is 3. The number of pyridine rings is 1. The van der Waals surface area contributed by atoms with E-state index in [-0.39, 0.29) is 24.0 Å². The van der Waals surface area contributed by atoms with Crippen molar-refractivity contribution in [2.75, 3.05) is 7.11 Å². The molecule has 1 aliphatic carbocycles. The van der Waals surface area contributed by atoms with Gasteiger partial charge in [-0.25, -0.2) is 13.8 Å². The Labute approximate surface area is 213 Å². The first kappa shape index (κ1) is 26.4. The van der Waals surface area contributed by atoms with Crippen LogP contribution in [0.15, 0.2) is 35.1 Å². The zero-order chi connectivity index (χ0) is 26.1. The number of hydrogen-bond acceptors (Lipinski definition) is 4. The van der Waals surface area contributed by atoms with Crippen LogP contribution in [0.25, 0.3) is 11.3 Å². The molecule has 4 rings (SSSR count). The van der Waals surface area contributed by atoms with E-state index in [9.17, 15) is 22.0 Å². The normalized spacial score (nSPS) is 20.4. The van der Waals surface area contributed by atoms with Crippen LogP contribution in [0.5, 0.6) is 11.5 Å². The molecule has 1 aromatic carbocycles. The number of halogens is 6. The molecule has 0 unspecified atom stereocenters. The van der Waals surface area contributed by atoms with Crippen molar-refractivity contribution in [3.05, 3.63) is 58.0 Å². The van der Waals surface area contributed by atoms with Crippen molar-refractivity contribution in [3.8, 4) is 22.8 Å². The van der Waals surface area contributed by atoms with Crippen LogP contribution < -0.4 is 9.47 Å². The zero-order valence-electron chi connectivity index (χ0n) is 19.7. The third-order valence-corrected chi connectivity index (χ3v) is 7.20. The second-order valence-electron chi connectivity index (χ2n) is 8.87. The van der Waals surface area contributed by atoms with Gasteiger partial charge in [0.2, 0.25) is 0 Å². The monoisotopic (exact) mass is 573 g/mol.